The summed E-state index contributed by atoms with van der Waals surface area (Å²) in [4.78, 5) is 0. The van der Waals surface area contributed by atoms with Crippen molar-refractivity contribution in [3.8, 4) is 11.3 Å². The fourth-order valence-electron chi connectivity index (χ4n) is 1.61. The van der Waals surface area contributed by atoms with Gasteiger partial charge in [-0.1, -0.05) is 13.8 Å². The summed E-state index contributed by atoms with van der Waals surface area (Å²) in [5.74, 6) is 0.998. The minimum absolute atomic E-state index is 0.385. The van der Waals surface area contributed by atoms with E-state index in [1.165, 1.54) is 8.45 Å². The average molecular weight is 333 g/mol. The van der Waals surface area contributed by atoms with E-state index in [4.69, 9.17) is 5.73 Å². The Hall–Kier alpha value is -0.560. The van der Waals surface area contributed by atoms with Gasteiger partial charge in [0, 0.05) is 16.5 Å². The second kappa shape index (κ2) is 4.13. The first-order valence-corrected chi connectivity index (χ1v) is 6.63. The molecule has 2 aromatic heterocycles. The quantitative estimate of drug-likeness (QED) is 0.827. The highest BCUT2D eigenvalue weighted by Crippen LogP contribution is 2.33. The van der Waals surface area contributed by atoms with Gasteiger partial charge in [-0.25, -0.2) is 0 Å². The van der Waals surface area contributed by atoms with Crippen LogP contribution in [0.5, 0.6) is 0 Å². The van der Waals surface area contributed by atoms with Crippen molar-refractivity contribution in [1.29, 1.82) is 0 Å². The molecule has 3 N–H and O–H groups in total. The highest BCUT2D eigenvalue weighted by molar-refractivity contribution is 14.1. The standard InChI is InChI=1S/C10H12IN3S/c1-5(2)8-9(13-14-10(8)12)6-3-7(11)15-4-6/h3-5H,1-2H3,(H3,12,13,14). The molecule has 2 aromatic rings. The number of anilines is 1. The number of nitrogen functional groups attached to an aromatic ring is 1. The summed E-state index contributed by atoms with van der Waals surface area (Å²) >= 11 is 4.04. The number of aromatic nitrogens is 2. The van der Waals surface area contributed by atoms with E-state index in [9.17, 15) is 0 Å². The Balaban J connectivity index is 2.53. The molecule has 0 spiro atoms. The average Bonchev–Trinajstić information content (AvgIpc) is 2.71. The molecule has 0 bridgehead atoms. The smallest absolute Gasteiger partial charge is 0.149 e. The lowest BCUT2D eigenvalue weighted by molar-refractivity contribution is 0.873. The van der Waals surface area contributed by atoms with Crippen molar-refractivity contribution in [2.75, 3.05) is 5.73 Å². The summed E-state index contributed by atoms with van der Waals surface area (Å²) < 4.78 is 1.27. The van der Waals surface area contributed by atoms with Gasteiger partial charge in [0.25, 0.3) is 0 Å². The lowest BCUT2D eigenvalue weighted by Gasteiger charge is -2.05. The molecule has 0 saturated carbocycles. The van der Waals surface area contributed by atoms with E-state index in [0.717, 1.165) is 11.3 Å². The first-order chi connectivity index (χ1) is 7.09. The van der Waals surface area contributed by atoms with Crippen molar-refractivity contribution in [2.45, 2.75) is 19.8 Å². The fourth-order valence-corrected chi connectivity index (χ4v) is 2.95. The minimum Gasteiger partial charge on any atom is -0.382 e. The number of halogens is 1. The van der Waals surface area contributed by atoms with E-state index in [-0.39, 0.29) is 0 Å². The Morgan fingerprint density at radius 3 is 2.80 bits per heavy atom. The first-order valence-electron chi connectivity index (χ1n) is 4.67. The maximum atomic E-state index is 5.85. The summed E-state index contributed by atoms with van der Waals surface area (Å²) in [5, 5.41) is 9.22. The summed E-state index contributed by atoms with van der Waals surface area (Å²) in [6, 6.07) is 2.14. The van der Waals surface area contributed by atoms with Crippen LogP contribution in [0.2, 0.25) is 0 Å². The predicted molar refractivity (Wildman–Crippen MR) is 73.1 cm³/mol. The van der Waals surface area contributed by atoms with Gasteiger partial charge in [-0.15, -0.1) is 11.3 Å². The number of hydrogen-bond acceptors (Lipinski definition) is 3. The molecule has 0 aromatic carbocycles. The largest absolute Gasteiger partial charge is 0.382 e. The molecule has 0 atom stereocenters. The highest BCUT2D eigenvalue weighted by atomic mass is 127. The Kier molecular flexibility index (Phi) is 3.01. The fraction of sp³-hybridized carbons (Fsp3) is 0.300. The maximum Gasteiger partial charge on any atom is 0.149 e. The van der Waals surface area contributed by atoms with Gasteiger partial charge in [0.05, 0.1) is 8.58 Å². The monoisotopic (exact) mass is 333 g/mol. The number of nitrogens with two attached hydrogens (primary N) is 1. The van der Waals surface area contributed by atoms with Gasteiger partial charge in [0.1, 0.15) is 5.82 Å². The number of thiophene rings is 1. The normalized spacial score (nSPS) is 11.2. The molecule has 2 rings (SSSR count). The molecule has 80 valence electrons. The summed E-state index contributed by atoms with van der Waals surface area (Å²) in [5.41, 5.74) is 9.20. The van der Waals surface area contributed by atoms with E-state index in [0.29, 0.717) is 11.7 Å². The van der Waals surface area contributed by atoms with E-state index >= 15 is 0 Å². The molecule has 0 fully saturated rings. The van der Waals surface area contributed by atoms with E-state index < -0.39 is 0 Å². The third kappa shape index (κ3) is 2.03. The molecule has 0 unspecified atom stereocenters. The molecule has 0 radical (unpaired) electrons. The summed E-state index contributed by atoms with van der Waals surface area (Å²) in [7, 11) is 0. The van der Waals surface area contributed by atoms with Crippen LogP contribution in [0.15, 0.2) is 11.4 Å². The molecule has 2 heterocycles. The molecule has 0 saturated heterocycles. The van der Waals surface area contributed by atoms with Crippen LogP contribution in [0.1, 0.15) is 25.3 Å². The van der Waals surface area contributed by atoms with Gasteiger partial charge < -0.3 is 5.73 Å². The van der Waals surface area contributed by atoms with Gasteiger partial charge in [0.2, 0.25) is 0 Å². The molecule has 0 aliphatic rings. The maximum absolute atomic E-state index is 5.85. The van der Waals surface area contributed by atoms with E-state index in [1.807, 2.05) is 0 Å². The van der Waals surface area contributed by atoms with Crippen molar-refractivity contribution in [2.24, 2.45) is 0 Å². The van der Waals surface area contributed by atoms with Crippen LogP contribution in [-0.4, -0.2) is 10.2 Å². The molecule has 3 nitrogen and oxygen atoms in total. The molecule has 0 aliphatic carbocycles. The zero-order valence-electron chi connectivity index (χ0n) is 8.54. The number of nitrogens with zero attached hydrogens (tertiary/aromatic N) is 1. The Morgan fingerprint density at radius 1 is 1.53 bits per heavy atom. The topological polar surface area (TPSA) is 54.7 Å². The third-order valence-corrected chi connectivity index (χ3v) is 4.06. The second-order valence-corrected chi connectivity index (χ2v) is 6.50. The Bertz CT molecular complexity index is 473. The Labute approximate surface area is 106 Å². The molecule has 15 heavy (non-hydrogen) atoms. The van der Waals surface area contributed by atoms with Crippen molar-refractivity contribution >= 4 is 39.7 Å². The predicted octanol–water partition coefficient (Wildman–Crippen LogP) is 3.45. The van der Waals surface area contributed by atoms with Crippen LogP contribution in [-0.2, 0) is 0 Å². The van der Waals surface area contributed by atoms with Crippen molar-refractivity contribution < 1.29 is 0 Å². The molecular weight excluding hydrogens is 321 g/mol. The van der Waals surface area contributed by atoms with Crippen molar-refractivity contribution in [3.63, 3.8) is 0 Å². The molecule has 0 aliphatic heterocycles. The van der Waals surface area contributed by atoms with Crippen LogP contribution in [0, 0.1) is 2.88 Å². The molecule has 5 heteroatoms. The zero-order valence-corrected chi connectivity index (χ0v) is 11.5. The highest BCUT2D eigenvalue weighted by Gasteiger charge is 2.16. The number of H-pyrrole nitrogens is 1. The van der Waals surface area contributed by atoms with Crippen LogP contribution < -0.4 is 5.73 Å². The van der Waals surface area contributed by atoms with Crippen LogP contribution in [0.25, 0.3) is 11.3 Å². The van der Waals surface area contributed by atoms with Crippen molar-refractivity contribution in [3.05, 3.63) is 19.9 Å². The number of nitrogens with one attached hydrogen (secondary N) is 1. The zero-order chi connectivity index (χ0) is 11.0. The molecular formula is C10H12IN3S. The lowest BCUT2D eigenvalue weighted by atomic mass is 10.0. The van der Waals surface area contributed by atoms with Gasteiger partial charge in [-0.05, 0) is 34.6 Å². The summed E-state index contributed by atoms with van der Waals surface area (Å²) in [6.45, 7) is 4.25. The third-order valence-electron chi connectivity index (χ3n) is 2.27. The second-order valence-electron chi connectivity index (χ2n) is 3.69. The van der Waals surface area contributed by atoms with Crippen LogP contribution >= 0.6 is 33.9 Å². The first kappa shape index (κ1) is 10.9. The van der Waals surface area contributed by atoms with Gasteiger partial charge in [0.15, 0.2) is 0 Å². The van der Waals surface area contributed by atoms with Gasteiger partial charge >= 0.3 is 0 Å². The van der Waals surface area contributed by atoms with Gasteiger partial charge in [-0.2, -0.15) is 5.10 Å². The van der Waals surface area contributed by atoms with Crippen molar-refractivity contribution in [1.82, 2.24) is 10.2 Å². The number of aromatic amines is 1. The Morgan fingerprint density at radius 2 is 2.27 bits per heavy atom. The van der Waals surface area contributed by atoms with E-state index in [1.54, 1.807) is 11.3 Å². The SMILES string of the molecule is CC(C)c1c(N)n[nH]c1-c1csc(I)c1. The van der Waals surface area contributed by atoms with E-state index in [2.05, 4.69) is 58.1 Å². The summed E-state index contributed by atoms with van der Waals surface area (Å²) in [6.07, 6.45) is 0. The number of rotatable bonds is 2. The molecule has 0 amide bonds. The van der Waals surface area contributed by atoms with Gasteiger partial charge in [-0.3, -0.25) is 5.10 Å². The minimum atomic E-state index is 0.385. The van der Waals surface area contributed by atoms with Crippen LogP contribution in [0.3, 0.4) is 0 Å². The lowest BCUT2D eigenvalue weighted by Crippen LogP contribution is -1.94. The van der Waals surface area contributed by atoms with Crippen LogP contribution in [0.4, 0.5) is 5.82 Å². The number of hydrogen-bond donors (Lipinski definition) is 2.